The van der Waals surface area contributed by atoms with Crippen molar-refractivity contribution in [3.8, 4) is 0 Å². The zero-order chi connectivity index (χ0) is 13.9. The largest absolute Gasteiger partial charge is 0.383 e. The molecule has 1 amide bonds. The van der Waals surface area contributed by atoms with Crippen molar-refractivity contribution in [2.45, 2.75) is 24.1 Å². The predicted molar refractivity (Wildman–Crippen MR) is 69.2 cm³/mol. The molecule has 6 nitrogen and oxygen atoms in total. The second kappa shape index (κ2) is 5.79. The van der Waals surface area contributed by atoms with Crippen LogP contribution in [0.1, 0.15) is 22.8 Å². The molecule has 1 rings (SSSR count). The summed E-state index contributed by atoms with van der Waals surface area (Å²) in [4.78, 5) is 11.9. The highest BCUT2D eigenvalue weighted by atomic mass is 32.2. The summed E-state index contributed by atoms with van der Waals surface area (Å²) < 4.78 is 27.4. The third-order valence-corrected chi connectivity index (χ3v) is 4.97. The molecule has 1 heterocycles. The maximum absolute atomic E-state index is 11.9. The van der Waals surface area contributed by atoms with Gasteiger partial charge in [0.2, 0.25) is 10.0 Å². The van der Waals surface area contributed by atoms with Gasteiger partial charge >= 0.3 is 0 Å². The molecular formula is C10H16N2O4S2. The van der Waals surface area contributed by atoms with Crippen molar-refractivity contribution in [3.63, 3.8) is 0 Å². The van der Waals surface area contributed by atoms with Gasteiger partial charge in [0.05, 0.1) is 12.2 Å². The van der Waals surface area contributed by atoms with Crippen LogP contribution in [0.5, 0.6) is 0 Å². The topological polar surface area (TPSA) is 98.5 Å². The van der Waals surface area contributed by atoms with Gasteiger partial charge in [0.15, 0.2) is 0 Å². The first-order chi connectivity index (χ1) is 8.27. The molecule has 1 aromatic heterocycles. The monoisotopic (exact) mass is 292 g/mol. The lowest BCUT2D eigenvalue weighted by atomic mass is 10.2. The van der Waals surface area contributed by atoms with Crippen molar-refractivity contribution in [2.75, 3.05) is 13.7 Å². The van der Waals surface area contributed by atoms with E-state index in [1.165, 1.54) is 12.5 Å². The highest BCUT2D eigenvalue weighted by Gasteiger charge is 2.21. The van der Waals surface area contributed by atoms with Crippen LogP contribution in [-0.4, -0.2) is 34.1 Å². The van der Waals surface area contributed by atoms with Crippen LogP contribution in [0.3, 0.4) is 0 Å². The molecule has 0 saturated carbocycles. The number of rotatable bonds is 5. The van der Waals surface area contributed by atoms with E-state index in [-0.39, 0.29) is 16.2 Å². The molecule has 18 heavy (non-hydrogen) atoms. The molecule has 0 fully saturated rings. The number of nitrogens with one attached hydrogen (secondary N) is 1. The fraction of sp³-hybridized carbons (Fsp3) is 0.500. The van der Waals surface area contributed by atoms with E-state index in [0.717, 1.165) is 11.3 Å². The summed E-state index contributed by atoms with van der Waals surface area (Å²) in [5, 5.41) is 9.25. The lowest BCUT2D eigenvalue weighted by Crippen LogP contribution is -2.35. The number of sulfonamides is 1. The Morgan fingerprint density at radius 3 is 2.67 bits per heavy atom. The smallest absolute Gasteiger partial charge is 0.252 e. The maximum Gasteiger partial charge on any atom is 0.252 e. The highest BCUT2D eigenvalue weighted by Crippen LogP contribution is 2.25. The molecule has 0 saturated heterocycles. The number of ether oxygens (including phenoxy) is 1. The van der Waals surface area contributed by atoms with Crippen LogP contribution in [0.2, 0.25) is 0 Å². The van der Waals surface area contributed by atoms with Crippen LogP contribution in [-0.2, 0) is 14.8 Å². The van der Waals surface area contributed by atoms with Gasteiger partial charge in [-0.25, -0.2) is 13.6 Å². The quantitative estimate of drug-likeness (QED) is 0.824. The first-order valence-corrected chi connectivity index (χ1v) is 7.60. The van der Waals surface area contributed by atoms with Crippen LogP contribution in [0.15, 0.2) is 9.59 Å². The van der Waals surface area contributed by atoms with E-state index in [1.807, 2.05) is 0 Å². The van der Waals surface area contributed by atoms with Crippen LogP contribution in [0.4, 0.5) is 0 Å². The molecule has 8 heteroatoms. The van der Waals surface area contributed by atoms with Crippen LogP contribution in [0.25, 0.3) is 0 Å². The normalized spacial score (nSPS) is 13.3. The zero-order valence-electron chi connectivity index (χ0n) is 10.4. The summed E-state index contributed by atoms with van der Waals surface area (Å²) in [6.45, 7) is 3.74. The lowest BCUT2D eigenvalue weighted by molar-refractivity contribution is 0.0905. The van der Waals surface area contributed by atoms with E-state index >= 15 is 0 Å². The van der Waals surface area contributed by atoms with Crippen molar-refractivity contribution in [1.82, 2.24) is 5.32 Å². The third kappa shape index (κ3) is 3.52. The van der Waals surface area contributed by atoms with Gasteiger partial charge in [-0.2, -0.15) is 0 Å². The van der Waals surface area contributed by atoms with E-state index in [2.05, 4.69) is 5.32 Å². The van der Waals surface area contributed by atoms with E-state index < -0.39 is 10.0 Å². The standard InChI is InChI=1S/C10H16N2O4S2/c1-6(4-16-3)12-9(13)8-5-17-10(7(8)2)18(11,14)15/h5-6H,4H2,1-3H3,(H,12,13)(H2,11,14,15). The van der Waals surface area contributed by atoms with Crippen molar-refractivity contribution in [3.05, 3.63) is 16.5 Å². The molecule has 1 unspecified atom stereocenters. The first-order valence-electron chi connectivity index (χ1n) is 5.18. The van der Waals surface area contributed by atoms with Gasteiger partial charge in [0.25, 0.3) is 5.91 Å². The SMILES string of the molecule is COCC(C)NC(=O)c1csc(S(N)(=O)=O)c1C. The average Bonchev–Trinajstić information content (AvgIpc) is 2.59. The van der Waals surface area contributed by atoms with Gasteiger partial charge in [0, 0.05) is 18.5 Å². The highest BCUT2D eigenvalue weighted by molar-refractivity contribution is 7.91. The van der Waals surface area contributed by atoms with Crippen molar-refractivity contribution in [1.29, 1.82) is 0 Å². The summed E-state index contributed by atoms with van der Waals surface area (Å²) in [7, 11) is -2.23. The predicted octanol–water partition coefficient (Wildman–Crippen LogP) is 0.469. The van der Waals surface area contributed by atoms with E-state index in [9.17, 15) is 13.2 Å². The summed E-state index contributed by atoms with van der Waals surface area (Å²) >= 11 is 0.947. The van der Waals surface area contributed by atoms with E-state index in [4.69, 9.17) is 9.88 Å². The average molecular weight is 292 g/mol. The third-order valence-electron chi connectivity index (χ3n) is 2.29. The molecule has 3 N–H and O–H groups in total. The van der Waals surface area contributed by atoms with E-state index in [0.29, 0.717) is 17.7 Å². The second-order valence-electron chi connectivity index (χ2n) is 3.94. The Kier molecular flexibility index (Phi) is 4.85. The first kappa shape index (κ1) is 15.1. The summed E-state index contributed by atoms with van der Waals surface area (Å²) in [6.07, 6.45) is 0. The molecule has 0 spiro atoms. The Hall–Kier alpha value is -0.960. The van der Waals surface area contributed by atoms with Crippen LogP contribution < -0.4 is 10.5 Å². The summed E-state index contributed by atoms with van der Waals surface area (Å²) in [5.74, 6) is -0.330. The number of carbonyl (C=O) groups excluding carboxylic acids is 1. The fourth-order valence-electron chi connectivity index (χ4n) is 1.50. The van der Waals surface area contributed by atoms with Crippen molar-refractivity contribution in [2.24, 2.45) is 5.14 Å². The minimum absolute atomic E-state index is 0.0204. The molecule has 102 valence electrons. The number of hydrogen-bond acceptors (Lipinski definition) is 5. The number of primary sulfonamides is 1. The van der Waals surface area contributed by atoms with Gasteiger partial charge in [-0.15, -0.1) is 11.3 Å². The number of methoxy groups -OCH3 is 1. The Balaban J connectivity index is 2.92. The number of hydrogen-bond donors (Lipinski definition) is 2. The number of carbonyl (C=O) groups is 1. The van der Waals surface area contributed by atoms with Crippen molar-refractivity contribution >= 4 is 27.3 Å². The molecule has 0 radical (unpaired) electrons. The molecular weight excluding hydrogens is 276 g/mol. The lowest BCUT2D eigenvalue weighted by Gasteiger charge is -2.12. The Bertz CT molecular complexity index is 536. The Labute approximate surface area is 110 Å². The Morgan fingerprint density at radius 2 is 2.22 bits per heavy atom. The zero-order valence-corrected chi connectivity index (χ0v) is 12.0. The van der Waals surface area contributed by atoms with Crippen LogP contribution >= 0.6 is 11.3 Å². The molecule has 0 aliphatic heterocycles. The minimum atomic E-state index is -3.77. The number of thiophene rings is 1. The minimum Gasteiger partial charge on any atom is -0.383 e. The molecule has 0 aliphatic carbocycles. The molecule has 0 bridgehead atoms. The fourth-order valence-corrected chi connectivity index (χ4v) is 3.51. The summed E-state index contributed by atoms with van der Waals surface area (Å²) in [5.41, 5.74) is 0.705. The molecule has 0 aliphatic rings. The van der Waals surface area contributed by atoms with Gasteiger partial charge in [0.1, 0.15) is 4.21 Å². The molecule has 1 atom stereocenters. The number of nitrogens with two attached hydrogens (primary N) is 1. The molecule has 1 aromatic rings. The van der Waals surface area contributed by atoms with Gasteiger partial charge in [-0.05, 0) is 19.4 Å². The second-order valence-corrected chi connectivity index (χ2v) is 6.57. The van der Waals surface area contributed by atoms with Gasteiger partial charge in [-0.1, -0.05) is 0 Å². The van der Waals surface area contributed by atoms with E-state index in [1.54, 1.807) is 13.8 Å². The maximum atomic E-state index is 11.9. The van der Waals surface area contributed by atoms with Gasteiger partial charge in [-0.3, -0.25) is 4.79 Å². The van der Waals surface area contributed by atoms with Crippen LogP contribution in [0, 0.1) is 6.92 Å². The van der Waals surface area contributed by atoms with Gasteiger partial charge < -0.3 is 10.1 Å². The number of amides is 1. The Morgan fingerprint density at radius 1 is 1.61 bits per heavy atom. The summed E-state index contributed by atoms with van der Waals surface area (Å²) in [6, 6.07) is -0.153. The molecule has 0 aromatic carbocycles. The van der Waals surface area contributed by atoms with Crippen molar-refractivity contribution < 1.29 is 17.9 Å².